The molecular formula is C26H27ClF2N10O4. The van der Waals surface area contributed by atoms with Crippen molar-refractivity contribution in [2.45, 2.75) is 53.1 Å². The zero-order valence-electron chi connectivity index (χ0n) is 23.6. The number of hydrogen-bond acceptors (Lipinski definition) is 11. The van der Waals surface area contributed by atoms with E-state index in [0.717, 1.165) is 16.8 Å². The maximum absolute atomic E-state index is 15.8. The Morgan fingerprint density at radius 1 is 1.14 bits per heavy atom. The average Bonchev–Trinajstić information content (AvgIpc) is 3.55. The number of halogens is 3. The summed E-state index contributed by atoms with van der Waals surface area (Å²) in [6.07, 6.45) is 1.75. The van der Waals surface area contributed by atoms with Gasteiger partial charge in [-0.05, 0) is 39.8 Å². The molecule has 43 heavy (non-hydrogen) atoms. The molecule has 0 spiro atoms. The Morgan fingerprint density at radius 3 is 2.47 bits per heavy atom. The lowest BCUT2D eigenvalue weighted by molar-refractivity contribution is -0.387. The quantitative estimate of drug-likeness (QED) is 0.186. The van der Waals surface area contributed by atoms with Gasteiger partial charge in [0.1, 0.15) is 28.2 Å². The second kappa shape index (κ2) is 12.4. The molecule has 4 aromatic rings. The second-order valence-corrected chi connectivity index (χ2v) is 9.80. The second-order valence-electron chi connectivity index (χ2n) is 9.42. The Balaban J connectivity index is 1.71. The van der Waals surface area contributed by atoms with Gasteiger partial charge >= 0.3 is 6.10 Å². The summed E-state index contributed by atoms with van der Waals surface area (Å²) in [4.78, 5) is 30.4. The first-order valence-electron chi connectivity index (χ1n) is 12.7. The van der Waals surface area contributed by atoms with Crippen molar-refractivity contribution < 1.29 is 24.1 Å². The molecule has 0 aromatic carbocycles. The molecular weight excluding hydrogens is 590 g/mol. The molecule has 0 radical (unpaired) electrons. The van der Waals surface area contributed by atoms with Crippen LogP contribution in [0.5, 0.6) is 0 Å². The largest absolute Gasteiger partial charge is 0.405 e. The number of nitrogens with zero attached hydrogens (tertiary/aromatic N) is 10. The van der Waals surface area contributed by atoms with Crippen LogP contribution in [0.15, 0.2) is 46.2 Å². The average molecular weight is 617 g/mol. The fraction of sp³-hybridized carbons (Fsp3) is 0.308. The zero-order chi connectivity index (χ0) is 31.6. The fourth-order valence-electron chi connectivity index (χ4n) is 4.07. The van der Waals surface area contributed by atoms with Gasteiger partial charge in [-0.25, -0.2) is 23.7 Å². The van der Waals surface area contributed by atoms with Gasteiger partial charge in [0.25, 0.3) is 5.56 Å². The maximum atomic E-state index is 15.8. The summed E-state index contributed by atoms with van der Waals surface area (Å²) in [5.41, 5.74) is -0.701. The van der Waals surface area contributed by atoms with Gasteiger partial charge < -0.3 is 15.3 Å². The molecule has 0 aliphatic rings. The molecule has 0 fully saturated rings. The van der Waals surface area contributed by atoms with Gasteiger partial charge in [-0.2, -0.15) is 14.9 Å². The Kier molecular flexibility index (Phi) is 9.05. The van der Waals surface area contributed by atoms with E-state index in [2.05, 4.69) is 35.2 Å². The lowest BCUT2D eigenvalue weighted by atomic mass is 10.0. The minimum Gasteiger partial charge on any atom is -0.323 e. The fourth-order valence-corrected chi connectivity index (χ4v) is 4.39. The van der Waals surface area contributed by atoms with Crippen LogP contribution in [0.25, 0.3) is 12.0 Å². The third-order valence-corrected chi connectivity index (χ3v) is 6.37. The van der Waals surface area contributed by atoms with Crippen molar-refractivity contribution in [1.82, 2.24) is 44.3 Å². The highest BCUT2D eigenvalue weighted by atomic mass is 35.5. The number of allylic oxidation sites excluding steroid dienone is 2. The lowest BCUT2D eigenvalue weighted by Gasteiger charge is -2.15. The molecule has 1 unspecified atom stereocenters. The van der Waals surface area contributed by atoms with Crippen LogP contribution in [0.3, 0.4) is 0 Å². The van der Waals surface area contributed by atoms with Crippen LogP contribution >= 0.6 is 11.6 Å². The molecule has 4 heterocycles. The summed E-state index contributed by atoms with van der Waals surface area (Å²) in [6, 6.07) is 2.34. The van der Waals surface area contributed by atoms with E-state index in [9.17, 15) is 24.5 Å². The molecule has 226 valence electrons. The van der Waals surface area contributed by atoms with Crippen LogP contribution in [-0.2, 0) is 12.5 Å². The number of aliphatic hydroxyl groups is 3. The third-order valence-electron chi connectivity index (χ3n) is 6.02. The van der Waals surface area contributed by atoms with Gasteiger partial charge in [0.15, 0.2) is 17.5 Å². The third kappa shape index (κ3) is 6.77. The topological polar surface area (TPSA) is 182 Å². The van der Waals surface area contributed by atoms with E-state index in [4.69, 9.17) is 11.6 Å². The first-order chi connectivity index (χ1) is 20.2. The standard InChI is InChI=1S/C26H27ClF2N10O4/c1-6-9-30-23(20-8-7-18(28)24(34-20)38-16(5)32-14(3)35-38)19(29)12-37-15(4)33-22(21(27)25(37)40)13(2)10-17-11-31-39(36-17)26(41,42)43/h6-9,11-13,41-43H,10H2,1-5H3/b9-6+,19-12-,30-23-. The van der Waals surface area contributed by atoms with Gasteiger partial charge in [0, 0.05) is 18.5 Å². The van der Waals surface area contributed by atoms with Gasteiger partial charge in [-0.15, -0.1) is 5.10 Å². The van der Waals surface area contributed by atoms with Crippen LogP contribution in [-0.4, -0.2) is 65.3 Å². The van der Waals surface area contributed by atoms with Crippen molar-refractivity contribution in [2.24, 2.45) is 4.99 Å². The molecule has 0 bridgehead atoms. The smallest absolute Gasteiger partial charge is 0.323 e. The summed E-state index contributed by atoms with van der Waals surface area (Å²) in [5.74, 6) is -1.59. The predicted molar refractivity (Wildman–Crippen MR) is 150 cm³/mol. The molecule has 0 amide bonds. The molecule has 0 saturated carbocycles. The normalized spacial score (nSPS) is 13.7. The minimum absolute atomic E-state index is 0.0449. The Morgan fingerprint density at radius 2 is 1.86 bits per heavy atom. The number of hydrogen-bond donors (Lipinski definition) is 3. The van der Waals surface area contributed by atoms with Gasteiger partial charge in [-0.1, -0.05) is 29.4 Å². The summed E-state index contributed by atoms with van der Waals surface area (Å²) in [6.45, 7) is 8.08. The molecule has 17 heteroatoms. The SMILES string of the molecule is C/C=C/N=C(/C(F)=C/n1c(C)nc(C(C)Cc2cnn(C(O)(O)O)n2)c(Cl)c1=O)c1ccc(F)c(-n2nc(C)nc2C)n1. The molecule has 3 N–H and O–H groups in total. The monoisotopic (exact) mass is 616 g/mol. The summed E-state index contributed by atoms with van der Waals surface area (Å²) in [7, 11) is 0. The van der Waals surface area contributed by atoms with Crippen LogP contribution < -0.4 is 5.56 Å². The van der Waals surface area contributed by atoms with E-state index in [1.54, 1.807) is 33.8 Å². The molecule has 4 aromatic heterocycles. The summed E-state index contributed by atoms with van der Waals surface area (Å²) < 4.78 is 32.7. The molecule has 0 aliphatic carbocycles. The number of pyridine rings is 1. The van der Waals surface area contributed by atoms with E-state index in [0.29, 0.717) is 16.4 Å². The van der Waals surface area contributed by atoms with E-state index in [1.165, 1.54) is 30.1 Å². The van der Waals surface area contributed by atoms with Crippen LogP contribution in [0.1, 0.15) is 54.3 Å². The summed E-state index contributed by atoms with van der Waals surface area (Å²) >= 11 is 6.38. The van der Waals surface area contributed by atoms with Crippen molar-refractivity contribution in [2.75, 3.05) is 0 Å². The van der Waals surface area contributed by atoms with E-state index in [1.807, 2.05) is 0 Å². The number of aliphatic imine (C=N–C) groups is 1. The van der Waals surface area contributed by atoms with Crippen molar-refractivity contribution in [3.05, 3.63) is 92.2 Å². The first kappa shape index (κ1) is 31.4. The van der Waals surface area contributed by atoms with Crippen molar-refractivity contribution in [3.63, 3.8) is 0 Å². The molecule has 14 nitrogen and oxygen atoms in total. The first-order valence-corrected chi connectivity index (χ1v) is 13.1. The van der Waals surface area contributed by atoms with Crippen molar-refractivity contribution in [1.29, 1.82) is 0 Å². The zero-order valence-corrected chi connectivity index (χ0v) is 24.4. The van der Waals surface area contributed by atoms with Gasteiger partial charge in [-0.3, -0.25) is 14.4 Å². The molecule has 0 saturated heterocycles. The lowest BCUT2D eigenvalue weighted by Crippen LogP contribution is -2.34. The maximum Gasteiger partial charge on any atom is 0.405 e. The van der Waals surface area contributed by atoms with E-state index >= 15 is 4.39 Å². The number of aromatic nitrogens is 9. The van der Waals surface area contributed by atoms with E-state index in [-0.39, 0.29) is 45.9 Å². The Hall–Kier alpha value is -4.51. The highest BCUT2D eigenvalue weighted by Crippen LogP contribution is 2.24. The van der Waals surface area contributed by atoms with Crippen molar-refractivity contribution in [3.8, 4) is 5.82 Å². The highest BCUT2D eigenvalue weighted by molar-refractivity contribution is 6.31. The van der Waals surface area contributed by atoms with E-state index < -0.39 is 29.2 Å². The van der Waals surface area contributed by atoms with Crippen LogP contribution in [0.4, 0.5) is 8.78 Å². The number of rotatable bonds is 9. The van der Waals surface area contributed by atoms with Crippen molar-refractivity contribution >= 4 is 23.5 Å². The summed E-state index contributed by atoms with van der Waals surface area (Å²) in [5, 5.41) is 38.8. The van der Waals surface area contributed by atoms with Crippen LogP contribution in [0, 0.1) is 26.6 Å². The van der Waals surface area contributed by atoms with Crippen LogP contribution in [0.2, 0.25) is 5.02 Å². The Bertz CT molecular complexity index is 1820. The van der Waals surface area contributed by atoms with Gasteiger partial charge in [0.2, 0.25) is 0 Å². The molecule has 1 atom stereocenters. The molecule has 4 rings (SSSR count). The van der Waals surface area contributed by atoms with Gasteiger partial charge in [0.05, 0.1) is 29.5 Å². The highest BCUT2D eigenvalue weighted by Gasteiger charge is 2.26. The molecule has 0 aliphatic heterocycles. The Labute approximate surface area is 248 Å². The number of aryl methyl sites for hydroxylation is 3. The minimum atomic E-state index is -3.28. The predicted octanol–water partition coefficient (Wildman–Crippen LogP) is 2.21.